The highest BCUT2D eigenvalue weighted by molar-refractivity contribution is 9.11. The molecular weight excluding hydrogens is 392 g/mol. The molecule has 0 saturated carbocycles. The smallest absolute Gasteiger partial charge is 0.0703 e. The van der Waals surface area contributed by atoms with Crippen LogP contribution in [0.4, 0.5) is 5.69 Å². The molecule has 1 unspecified atom stereocenters. The monoisotopic (exact) mass is 404 g/mol. The first kappa shape index (κ1) is 14.5. The summed E-state index contributed by atoms with van der Waals surface area (Å²) in [5.74, 6) is 0. The van der Waals surface area contributed by atoms with Crippen molar-refractivity contribution in [3.8, 4) is 0 Å². The summed E-state index contributed by atoms with van der Waals surface area (Å²) in [6.45, 7) is 2.15. The molecule has 0 aliphatic rings. The third kappa shape index (κ3) is 3.27. The number of rotatable bonds is 3. The number of halogens is 2. The van der Waals surface area contributed by atoms with E-state index in [0.29, 0.717) is 0 Å². The average Bonchev–Trinajstić information content (AvgIpc) is 2.47. The Morgan fingerprint density at radius 1 is 1.05 bits per heavy atom. The molecule has 3 rings (SSSR count). The summed E-state index contributed by atoms with van der Waals surface area (Å²) >= 11 is 7.10. The normalized spacial score (nSPS) is 12.3. The number of pyridine rings is 1. The molecular formula is C17H14Br2N2. The Labute approximate surface area is 140 Å². The predicted octanol–water partition coefficient (Wildman–Crippen LogP) is 5.93. The molecule has 2 nitrogen and oxygen atoms in total. The van der Waals surface area contributed by atoms with Gasteiger partial charge in [0.1, 0.15) is 0 Å². The van der Waals surface area contributed by atoms with Crippen molar-refractivity contribution in [2.45, 2.75) is 13.0 Å². The quantitative estimate of drug-likeness (QED) is 0.583. The van der Waals surface area contributed by atoms with E-state index in [2.05, 4.69) is 85.5 Å². The molecule has 0 spiro atoms. The summed E-state index contributed by atoms with van der Waals surface area (Å²) in [7, 11) is 0. The second-order valence-electron chi connectivity index (χ2n) is 4.94. The van der Waals surface area contributed by atoms with Crippen LogP contribution >= 0.6 is 31.9 Å². The minimum atomic E-state index is 0.210. The summed E-state index contributed by atoms with van der Waals surface area (Å²) in [6.07, 6.45) is 1.82. The topological polar surface area (TPSA) is 24.9 Å². The van der Waals surface area contributed by atoms with Gasteiger partial charge in [0.2, 0.25) is 0 Å². The summed E-state index contributed by atoms with van der Waals surface area (Å²) in [6, 6.07) is 16.7. The van der Waals surface area contributed by atoms with Crippen molar-refractivity contribution >= 4 is 48.5 Å². The Morgan fingerprint density at radius 2 is 1.90 bits per heavy atom. The van der Waals surface area contributed by atoms with Gasteiger partial charge >= 0.3 is 0 Å². The van der Waals surface area contributed by atoms with Gasteiger partial charge in [0.15, 0.2) is 0 Å². The Kier molecular flexibility index (Phi) is 4.27. The molecule has 1 N–H and O–H groups in total. The molecule has 0 aliphatic heterocycles. The fourth-order valence-electron chi connectivity index (χ4n) is 2.35. The standard InChI is InChI=1S/C17H14Br2N2/c1-11(15-6-4-13(18)10-16(15)19)21-14-5-7-17-12(9-14)3-2-8-20-17/h2-11,21H,1H3. The van der Waals surface area contributed by atoms with Gasteiger partial charge in [-0.25, -0.2) is 0 Å². The first-order valence-electron chi connectivity index (χ1n) is 6.70. The zero-order chi connectivity index (χ0) is 14.8. The molecule has 4 heteroatoms. The van der Waals surface area contributed by atoms with Crippen molar-refractivity contribution in [2.24, 2.45) is 0 Å². The van der Waals surface area contributed by atoms with Crippen LogP contribution in [0.3, 0.4) is 0 Å². The molecule has 0 amide bonds. The fourth-order valence-corrected chi connectivity index (χ4v) is 3.74. The number of nitrogens with zero attached hydrogens (tertiary/aromatic N) is 1. The molecule has 21 heavy (non-hydrogen) atoms. The van der Waals surface area contributed by atoms with Gasteiger partial charge in [-0.3, -0.25) is 4.98 Å². The summed E-state index contributed by atoms with van der Waals surface area (Å²) in [4.78, 5) is 4.34. The molecule has 2 aromatic carbocycles. The lowest BCUT2D eigenvalue weighted by Gasteiger charge is -2.17. The minimum absolute atomic E-state index is 0.210. The molecule has 1 heterocycles. The van der Waals surface area contributed by atoms with Crippen LogP contribution in [0.1, 0.15) is 18.5 Å². The maximum atomic E-state index is 4.34. The number of hydrogen-bond acceptors (Lipinski definition) is 2. The third-order valence-corrected chi connectivity index (χ3v) is 4.60. The highest BCUT2D eigenvalue weighted by atomic mass is 79.9. The van der Waals surface area contributed by atoms with E-state index in [0.717, 1.165) is 25.5 Å². The highest BCUT2D eigenvalue weighted by Crippen LogP contribution is 2.29. The average molecular weight is 406 g/mol. The molecule has 1 atom stereocenters. The van der Waals surface area contributed by atoms with Crippen LogP contribution in [0.25, 0.3) is 10.9 Å². The molecule has 1 aromatic heterocycles. The molecule has 0 fully saturated rings. The van der Waals surface area contributed by atoms with E-state index >= 15 is 0 Å². The SMILES string of the molecule is CC(Nc1ccc2ncccc2c1)c1ccc(Br)cc1Br. The minimum Gasteiger partial charge on any atom is -0.378 e. The van der Waals surface area contributed by atoms with Crippen LogP contribution in [0.2, 0.25) is 0 Å². The van der Waals surface area contributed by atoms with Gasteiger partial charge in [-0.1, -0.05) is 44.0 Å². The zero-order valence-corrected chi connectivity index (χ0v) is 14.6. The van der Waals surface area contributed by atoms with Crippen molar-refractivity contribution in [3.63, 3.8) is 0 Å². The Bertz CT molecular complexity index is 787. The van der Waals surface area contributed by atoms with E-state index in [4.69, 9.17) is 0 Å². The number of benzene rings is 2. The zero-order valence-electron chi connectivity index (χ0n) is 11.5. The lowest BCUT2D eigenvalue weighted by Crippen LogP contribution is -2.07. The number of nitrogens with one attached hydrogen (secondary N) is 1. The Balaban J connectivity index is 1.87. The number of aromatic nitrogens is 1. The summed E-state index contributed by atoms with van der Waals surface area (Å²) < 4.78 is 2.17. The number of hydrogen-bond donors (Lipinski definition) is 1. The van der Waals surface area contributed by atoms with Gasteiger partial charge in [-0.2, -0.15) is 0 Å². The van der Waals surface area contributed by atoms with Gasteiger partial charge in [0.05, 0.1) is 5.52 Å². The molecule has 106 valence electrons. The molecule has 0 bridgehead atoms. The van der Waals surface area contributed by atoms with E-state index in [1.165, 1.54) is 5.56 Å². The van der Waals surface area contributed by atoms with Crippen molar-refractivity contribution < 1.29 is 0 Å². The third-order valence-electron chi connectivity index (χ3n) is 3.42. The summed E-state index contributed by atoms with van der Waals surface area (Å²) in [5.41, 5.74) is 3.34. The highest BCUT2D eigenvalue weighted by Gasteiger charge is 2.10. The van der Waals surface area contributed by atoms with E-state index in [-0.39, 0.29) is 6.04 Å². The number of anilines is 1. The van der Waals surface area contributed by atoms with Gasteiger partial charge in [0.25, 0.3) is 0 Å². The molecule has 0 saturated heterocycles. The van der Waals surface area contributed by atoms with Crippen LogP contribution in [0, 0.1) is 0 Å². The van der Waals surface area contributed by atoms with Crippen LogP contribution in [-0.4, -0.2) is 4.98 Å². The lowest BCUT2D eigenvalue weighted by atomic mass is 10.1. The van der Waals surface area contributed by atoms with E-state index in [9.17, 15) is 0 Å². The van der Waals surface area contributed by atoms with Crippen molar-refractivity contribution in [3.05, 3.63) is 69.2 Å². The second kappa shape index (κ2) is 6.16. The van der Waals surface area contributed by atoms with E-state index in [1.807, 2.05) is 18.3 Å². The van der Waals surface area contributed by atoms with Gasteiger partial charge in [-0.15, -0.1) is 0 Å². The van der Waals surface area contributed by atoms with Crippen molar-refractivity contribution in [1.29, 1.82) is 0 Å². The maximum Gasteiger partial charge on any atom is 0.0703 e. The van der Waals surface area contributed by atoms with Gasteiger partial charge in [0, 0.05) is 32.3 Å². The second-order valence-corrected chi connectivity index (χ2v) is 6.71. The first-order valence-corrected chi connectivity index (χ1v) is 8.28. The maximum absolute atomic E-state index is 4.34. The molecule has 3 aromatic rings. The predicted molar refractivity (Wildman–Crippen MR) is 95.6 cm³/mol. The summed E-state index contributed by atoms with van der Waals surface area (Å²) in [5, 5.41) is 4.68. The molecule has 0 radical (unpaired) electrons. The lowest BCUT2D eigenvalue weighted by molar-refractivity contribution is 0.879. The van der Waals surface area contributed by atoms with Gasteiger partial charge < -0.3 is 5.32 Å². The van der Waals surface area contributed by atoms with E-state index < -0.39 is 0 Å². The van der Waals surface area contributed by atoms with Crippen LogP contribution in [0.15, 0.2) is 63.7 Å². The first-order chi connectivity index (χ1) is 10.1. The van der Waals surface area contributed by atoms with Crippen LogP contribution in [-0.2, 0) is 0 Å². The van der Waals surface area contributed by atoms with Crippen molar-refractivity contribution in [2.75, 3.05) is 5.32 Å². The van der Waals surface area contributed by atoms with E-state index in [1.54, 1.807) is 0 Å². The van der Waals surface area contributed by atoms with Crippen LogP contribution < -0.4 is 5.32 Å². The Morgan fingerprint density at radius 3 is 2.71 bits per heavy atom. The number of fused-ring (bicyclic) bond motifs is 1. The van der Waals surface area contributed by atoms with Crippen LogP contribution in [0.5, 0.6) is 0 Å². The molecule has 0 aliphatic carbocycles. The fraction of sp³-hybridized carbons (Fsp3) is 0.118. The van der Waals surface area contributed by atoms with Crippen molar-refractivity contribution in [1.82, 2.24) is 4.98 Å². The Hall–Kier alpha value is -1.39. The largest absolute Gasteiger partial charge is 0.378 e. The van der Waals surface area contributed by atoms with Gasteiger partial charge in [-0.05, 0) is 48.9 Å².